The molecule has 35 heavy (non-hydrogen) atoms. The van der Waals surface area contributed by atoms with Crippen molar-refractivity contribution in [1.82, 2.24) is 15.3 Å². The van der Waals surface area contributed by atoms with Gasteiger partial charge in [0.1, 0.15) is 5.82 Å². The van der Waals surface area contributed by atoms with Crippen molar-refractivity contribution in [1.29, 1.82) is 0 Å². The van der Waals surface area contributed by atoms with Gasteiger partial charge in [-0.1, -0.05) is 0 Å². The summed E-state index contributed by atoms with van der Waals surface area (Å²) in [4.78, 5) is 14.2. The lowest BCUT2D eigenvalue weighted by Gasteiger charge is -2.31. The molecular weight excluding hydrogens is 454 g/mol. The van der Waals surface area contributed by atoms with Crippen LogP contribution in [0.4, 0.5) is 23.1 Å². The minimum absolute atomic E-state index is 0.393. The number of hydrogen-bond acceptors (Lipinski definition) is 6. The molecule has 0 unspecified atom stereocenters. The van der Waals surface area contributed by atoms with E-state index in [0.717, 1.165) is 69.1 Å². The minimum atomic E-state index is 0.393. The van der Waals surface area contributed by atoms with Gasteiger partial charge < -0.3 is 25.8 Å². The molecule has 2 aliphatic rings. The Hall–Kier alpha value is -2.61. The molecule has 2 aliphatic carbocycles. The van der Waals surface area contributed by atoms with E-state index in [4.69, 9.17) is 22.2 Å². The summed E-state index contributed by atoms with van der Waals surface area (Å²) in [5.41, 5.74) is 4.83. The summed E-state index contributed by atoms with van der Waals surface area (Å²) in [5.74, 6) is 1.87. The second-order valence-corrected chi connectivity index (χ2v) is 10.3. The van der Waals surface area contributed by atoms with Crippen molar-refractivity contribution < 1.29 is 0 Å². The fourth-order valence-electron chi connectivity index (χ4n) is 5.27. The highest BCUT2D eigenvalue weighted by molar-refractivity contribution is 7.80. The van der Waals surface area contributed by atoms with E-state index in [1.54, 1.807) is 0 Å². The Balaban J connectivity index is 1.26. The number of aromatic nitrogens is 2. The van der Waals surface area contributed by atoms with Gasteiger partial charge in [-0.3, -0.25) is 0 Å². The molecule has 0 spiro atoms. The highest BCUT2D eigenvalue weighted by Crippen LogP contribution is 2.29. The van der Waals surface area contributed by atoms with E-state index >= 15 is 0 Å². The van der Waals surface area contributed by atoms with E-state index in [0.29, 0.717) is 17.2 Å². The van der Waals surface area contributed by atoms with Crippen LogP contribution in [0.15, 0.2) is 24.3 Å². The molecule has 1 heterocycles. The molecule has 1 aromatic heterocycles. The summed E-state index contributed by atoms with van der Waals surface area (Å²) in [5, 5.41) is 11.2. The molecule has 4 rings (SSSR count). The van der Waals surface area contributed by atoms with Gasteiger partial charge in [-0.15, -0.1) is 0 Å². The summed E-state index contributed by atoms with van der Waals surface area (Å²) in [7, 11) is 4.16. The average molecular weight is 496 g/mol. The van der Waals surface area contributed by atoms with Crippen LogP contribution in [0.3, 0.4) is 0 Å². The van der Waals surface area contributed by atoms with Crippen LogP contribution >= 0.6 is 12.2 Å². The molecule has 8 heteroatoms. The first kappa shape index (κ1) is 25.5. The van der Waals surface area contributed by atoms with Gasteiger partial charge in [-0.05, 0) is 102 Å². The van der Waals surface area contributed by atoms with Gasteiger partial charge >= 0.3 is 0 Å². The number of nitrogens with one attached hydrogen (secondary N) is 3. The predicted molar refractivity (Wildman–Crippen MR) is 152 cm³/mol. The standard InChI is InChI=1S/C27H41N7S/c1-5-34(6-2)22-17-15-21(16-18-22)30-27(35)29-20-13-11-19(12-14-20)28-26-31-24-10-8-7-9-23(24)25(32-26)33(3)4/h15-20H,5-14H2,1-4H3,(H,28,31,32)(H2,29,30,35). The number of benzene rings is 1. The van der Waals surface area contributed by atoms with Gasteiger partial charge in [-0.2, -0.15) is 4.98 Å². The van der Waals surface area contributed by atoms with Crippen LogP contribution in [0, 0.1) is 0 Å². The quantitative estimate of drug-likeness (QED) is 0.443. The second kappa shape index (κ2) is 11.9. The third kappa shape index (κ3) is 6.54. The van der Waals surface area contributed by atoms with Gasteiger partial charge in [-0.25, -0.2) is 4.98 Å². The lowest BCUT2D eigenvalue weighted by Crippen LogP contribution is -2.42. The van der Waals surface area contributed by atoms with Gasteiger partial charge in [0.15, 0.2) is 5.11 Å². The Morgan fingerprint density at radius 1 is 0.943 bits per heavy atom. The van der Waals surface area contributed by atoms with Crippen LogP contribution in [-0.2, 0) is 12.8 Å². The van der Waals surface area contributed by atoms with E-state index in [9.17, 15) is 0 Å². The van der Waals surface area contributed by atoms with Crippen LogP contribution in [0.1, 0.15) is 63.6 Å². The maximum absolute atomic E-state index is 5.60. The maximum atomic E-state index is 5.60. The van der Waals surface area contributed by atoms with Gasteiger partial charge in [0.25, 0.3) is 0 Å². The highest BCUT2D eigenvalue weighted by atomic mass is 32.1. The largest absolute Gasteiger partial charge is 0.372 e. The molecule has 0 radical (unpaired) electrons. The van der Waals surface area contributed by atoms with Crippen molar-refractivity contribution in [2.45, 2.75) is 77.3 Å². The average Bonchev–Trinajstić information content (AvgIpc) is 2.86. The molecule has 0 saturated heterocycles. The molecule has 7 nitrogen and oxygen atoms in total. The van der Waals surface area contributed by atoms with Crippen LogP contribution < -0.4 is 25.8 Å². The summed E-state index contributed by atoms with van der Waals surface area (Å²) < 4.78 is 0. The number of nitrogens with zero attached hydrogens (tertiary/aromatic N) is 4. The molecule has 0 aliphatic heterocycles. The fraction of sp³-hybridized carbons (Fsp3) is 0.593. The lowest BCUT2D eigenvalue weighted by molar-refractivity contribution is 0.387. The monoisotopic (exact) mass is 495 g/mol. The summed E-state index contributed by atoms with van der Waals surface area (Å²) in [6, 6.07) is 9.30. The first-order chi connectivity index (χ1) is 17.0. The Labute approximate surface area is 216 Å². The first-order valence-electron chi connectivity index (χ1n) is 13.2. The Morgan fingerprint density at radius 2 is 1.60 bits per heavy atom. The zero-order valence-electron chi connectivity index (χ0n) is 21.7. The van der Waals surface area contributed by atoms with Crippen LogP contribution in [0.25, 0.3) is 0 Å². The highest BCUT2D eigenvalue weighted by Gasteiger charge is 2.24. The summed E-state index contributed by atoms with van der Waals surface area (Å²) in [6.07, 6.45) is 8.92. The number of rotatable bonds is 8. The molecule has 0 bridgehead atoms. The van der Waals surface area contributed by atoms with Crippen molar-refractivity contribution in [3.63, 3.8) is 0 Å². The number of thiocarbonyl (C=S) groups is 1. The number of aryl methyl sites for hydroxylation is 1. The van der Waals surface area contributed by atoms with E-state index < -0.39 is 0 Å². The Kier molecular flexibility index (Phi) is 8.65. The van der Waals surface area contributed by atoms with E-state index in [2.05, 4.69) is 78.0 Å². The second-order valence-electron chi connectivity index (χ2n) is 9.91. The van der Waals surface area contributed by atoms with Gasteiger partial charge in [0.05, 0.1) is 5.69 Å². The molecule has 1 fully saturated rings. The van der Waals surface area contributed by atoms with E-state index in [1.807, 2.05) is 0 Å². The fourth-order valence-corrected chi connectivity index (χ4v) is 5.55. The lowest BCUT2D eigenvalue weighted by atomic mass is 9.91. The van der Waals surface area contributed by atoms with Crippen molar-refractivity contribution in [2.75, 3.05) is 47.6 Å². The zero-order valence-corrected chi connectivity index (χ0v) is 22.5. The van der Waals surface area contributed by atoms with Crippen molar-refractivity contribution in [3.05, 3.63) is 35.5 Å². The number of fused-ring (bicyclic) bond motifs is 1. The molecule has 1 saturated carbocycles. The number of anilines is 4. The predicted octanol–water partition coefficient (Wildman–Crippen LogP) is 4.98. The van der Waals surface area contributed by atoms with Crippen molar-refractivity contribution >= 4 is 40.5 Å². The van der Waals surface area contributed by atoms with Crippen molar-refractivity contribution in [3.8, 4) is 0 Å². The summed E-state index contributed by atoms with van der Waals surface area (Å²) in [6.45, 7) is 6.38. The molecule has 190 valence electrons. The Bertz CT molecular complexity index is 980. The van der Waals surface area contributed by atoms with Gasteiger partial charge in [0, 0.05) is 56.2 Å². The molecular formula is C27H41N7S. The zero-order chi connectivity index (χ0) is 24.8. The van der Waals surface area contributed by atoms with Crippen molar-refractivity contribution in [2.24, 2.45) is 0 Å². The van der Waals surface area contributed by atoms with Gasteiger partial charge in [0.2, 0.25) is 5.95 Å². The minimum Gasteiger partial charge on any atom is -0.372 e. The SMILES string of the molecule is CCN(CC)c1ccc(NC(=S)NC2CCC(Nc3nc4c(c(N(C)C)n3)CCCC4)CC2)cc1. The maximum Gasteiger partial charge on any atom is 0.225 e. The molecule has 0 amide bonds. The molecule has 0 atom stereocenters. The van der Waals surface area contributed by atoms with E-state index in [-0.39, 0.29) is 0 Å². The normalized spacial score (nSPS) is 19.4. The Morgan fingerprint density at radius 3 is 2.26 bits per heavy atom. The number of hydrogen-bond donors (Lipinski definition) is 3. The molecule has 1 aromatic carbocycles. The third-order valence-corrected chi connectivity index (χ3v) is 7.45. The molecule has 2 aromatic rings. The van der Waals surface area contributed by atoms with Crippen LogP contribution in [0.2, 0.25) is 0 Å². The third-order valence-electron chi connectivity index (χ3n) is 7.23. The first-order valence-corrected chi connectivity index (χ1v) is 13.6. The van der Waals surface area contributed by atoms with Crippen LogP contribution in [-0.4, -0.2) is 54.3 Å². The topological polar surface area (TPSA) is 68.3 Å². The summed E-state index contributed by atoms with van der Waals surface area (Å²) >= 11 is 5.60. The molecule has 3 N–H and O–H groups in total. The van der Waals surface area contributed by atoms with Crippen LogP contribution in [0.5, 0.6) is 0 Å². The smallest absolute Gasteiger partial charge is 0.225 e. The van der Waals surface area contributed by atoms with E-state index in [1.165, 1.54) is 29.8 Å².